The number of para-hydroxylation sites is 1. The van der Waals surface area contributed by atoms with Crippen molar-refractivity contribution in [1.29, 1.82) is 0 Å². The van der Waals surface area contributed by atoms with Gasteiger partial charge in [-0.25, -0.2) is 0 Å². The number of hydrogen-bond acceptors (Lipinski definition) is 3. The number of hydrogen-bond donors (Lipinski definition) is 2. The van der Waals surface area contributed by atoms with E-state index in [1.165, 1.54) is 11.3 Å². The van der Waals surface area contributed by atoms with Gasteiger partial charge in [0.15, 0.2) is 0 Å². The molecule has 3 rings (SSSR count). The Balaban J connectivity index is 1.95. The molecular formula is C11H14N2O. The van der Waals surface area contributed by atoms with E-state index in [1.807, 2.05) is 6.07 Å². The molecule has 1 fully saturated rings. The summed E-state index contributed by atoms with van der Waals surface area (Å²) in [6.07, 6.45) is 0.791. The Morgan fingerprint density at radius 2 is 2.21 bits per heavy atom. The van der Waals surface area contributed by atoms with E-state index in [-0.39, 0.29) is 12.3 Å². The Bertz CT molecular complexity index is 353. The van der Waals surface area contributed by atoms with E-state index >= 15 is 0 Å². The lowest BCUT2D eigenvalue weighted by Crippen LogP contribution is -2.44. The average Bonchev–Trinajstić information content (AvgIpc) is 2.57. The summed E-state index contributed by atoms with van der Waals surface area (Å²) in [5.74, 6) is 0. The van der Waals surface area contributed by atoms with Gasteiger partial charge in [-0.05, 0) is 18.1 Å². The van der Waals surface area contributed by atoms with Gasteiger partial charge in [0.25, 0.3) is 0 Å². The molecule has 0 aliphatic carbocycles. The van der Waals surface area contributed by atoms with Crippen molar-refractivity contribution in [3.63, 3.8) is 0 Å². The van der Waals surface area contributed by atoms with E-state index < -0.39 is 0 Å². The molecule has 0 saturated carbocycles. The molecule has 1 aromatic carbocycles. The van der Waals surface area contributed by atoms with Gasteiger partial charge in [-0.3, -0.25) is 4.90 Å². The highest BCUT2D eigenvalue weighted by Gasteiger charge is 2.35. The molecule has 2 atom stereocenters. The third-order valence-electron chi connectivity index (χ3n) is 3.16. The molecule has 74 valence electrons. The van der Waals surface area contributed by atoms with Crippen molar-refractivity contribution in [3.05, 3.63) is 29.8 Å². The zero-order valence-corrected chi connectivity index (χ0v) is 7.98. The molecule has 3 heteroatoms. The monoisotopic (exact) mass is 190 g/mol. The predicted molar refractivity (Wildman–Crippen MR) is 54.9 cm³/mol. The quantitative estimate of drug-likeness (QED) is 0.640. The van der Waals surface area contributed by atoms with E-state index in [9.17, 15) is 5.11 Å². The molecule has 0 aromatic heterocycles. The van der Waals surface area contributed by atoms with E-state index in [0.29, 0.717) is 0 Å². The number of nitrogens with zero attached hydrogens (tertiary/aromatic N) is 1. The smallest absolute Gasteiger partial charge is 0.106 e. The van der Waals surface area contributed by atoms with Gasteiger partial charge in [0.1, 0.15) is 6.17 Å². The minimum absolute atomic E-state index is 0.130. The van der Waals surface area contributed by atoms with Crippen LogP contribution in [0.25, 0.3) is 0 Å². The lowest BCUT2D eigenvalue weighted by Gasteiger charge is -2.34. The third kappa shape index (κ3) is 1.13. The topological polar surface area (TPSA) is 35.5 Å². The lowest BCUT2D eigenvalue weighted by molar-refractivity contribution is 0.124. The Hall–Kier alpha value is -1.06. The summed E-state index contributed by atoms with van der Waals surface area (Å²) < 4.78 is 0. The summed E-state index contributed by atoms with van der Waals surface area (Å²) in [5, 5.41) is 13.1. The molecular weight excluding hydrogens is 176 g/mol. The Morgan fingerprint density at radius 3 is 3.14 bits per heavy atom. The summed E-state index contributed by atoms with van der Waals surface area (Å²) in [4.78, 5) is 2.30. The standard InChI is InChI=1S/C11H14N2O/c14-10-5-6-13-7-8-3-1-2-4-9(8)12-11(10)13/h1-4,10-12,14H,5-7H2/t10-,11-/m0/s1. The van der Waals surface area contributed by atoms with Gasteiger partial charge in [-0.15, -0.1) is 0 Å². The maximum atomic E-state index is 9.75. The number of aliphatic hydroxyl groups excluding tert-OH is 1. The van der Waals surface area contributed by atoms with E-state index in [2.05, 4.69) is 28.4 Å². The first-order valence-electron chi connectivity index (χ1n) is 5.11. The molecule has 0 bridgehead atoms. The molecule has 2 N–H and O–H groups in total. The molecule has 1 saturated heterocycles. The Kier molecular flexibility index (Phi) is 1.75. The van der Waals surface area contributed by atoms with Crippen LogP contribution in [-0.4, -0.2) is 28.8 Å². The maximum Gasteiger partial charge on any atom is 0.106 e. The highest BCUT2D eigenvalue weighted by Crippen LogP contribution is 2.30. The van der Waals surface area contributed by atoms with Crippen LogP contribution in [-0.2, 0) is 6.54 Å². The highest BCUT2D eigenvalue weighted by atomic mass is 16.3. The Morgan fingerprint density at radius 1 is 1.36 bits per heavy atom. The SMILES string of the molecule is O[C@H]1CCN2Cc3ccccc3N[C@H]12. The minimum Gasteiger partial charge on any atom is -0.390 e. The van der Waals surface area contributed by atoms with Crippen molar-refractivity contribution in [2.45, 2.75) is 25.2 Å². The molecule has 0 radical (unpaired) electrons. The molecule has 3 nitrogen and oxygen atoms in total. The summed E-state index contributed by atoms with van der Waals surface area (Å²) in [6, 6.07) is 8.32. The van der Waals surface area contributed by atoms with Gasteiger partial charge < -0.3 is 10.4 Å². The first-order valence-corrected chi connectivity index (χ1v) is 5.11. The number of fused-ring (bicyclic) bond motifs is 2. The van der Waals surface area contributed by atoms with Crippen molar-refractivity contribution >= 4 is 5.69 Å². The molecule has 14 heavy (non-hydrogen) atoms. The Labute approximate surface area is 83.3 Å². The highest BCUT2D eigenvalue weighted by molar-refractivity contribution is 5.53. The molecule has 0 amide bonds. The zero-order chi connectivity index (χ0) is 9.54. The predicted octanol–water partition coefficient (Wildman–Crippen LogP) is 1.00. The minimum atomic E-state index is -0.219. The van der Waals surface area contributed by atoms with Crippen LogP contribution in [0.4, 0.5) is 5.69 Å². The fourth-order valence-corrected chi connectivity index (χ4v) is 2.38. The summed E-state index contributed by atoms with van der Waals surface area (Å²) >= 11 is 0. The summed E-state index contributed by atoms with van der Waals surface area (Å²) in [7, 11) is 0. The molecule has 2 aliphatic heterocycles. The first-order chi connectivity index (χ1) is 6.84. The number of benzene rings is 1. The number of anilines is 1. The molecule has 0 spiro atoms. The van der Waals surface area contributed by atoms with Crippen LogP contribution < -0.4 is 5.32 Å². The summed E-state index contributed by atoms with van der Waals surface area (Å²) in [5.41, 5.74) is 2.51. The van der Waals surface area contributed by atoms with Gasteiger partial charge in [-0.2, -0.15) is 0 Å². The second kappa shape index (κ2) is 2.97. The second-order valence-electron chi connectivity index (χ2n) is 4.07. The van der Waals surface area contributed by atoms with Gasteiger partial charge in [0, 0.05) is 18.8 Å². The van der Waals surface area contributed by atoms with Gasteiger partial charge in [0.2, 0.25) is 0 Å². The van der Waals surface area contributed by atoms with Gasteiger partial charge in [0.05, 0.1) is 6.10 Å². The van der Waals surface area contributed by atoms with E-state index in [0.717, 1.165) is 19.5 Å². The van der Waals surface area contributed by atoms with Crippen LogP contribution in [0.5, 0.6) is 0 Å². The van der Waals surface area contributed by atoms with E-state index in [4.69, 9.17) is 0 Å². The molecule has 2 aliphatic rings. The van der Waals surface area contributed by atoms with Crippen molar-refractivity contribution < 1.29 is 5.11 Å². The second-order valence-corrected chi connectivity index (χ2v) is 4.07. The number of nitrogens with one attached hydrogen (secondary N) is 1. The molecule has 2 heterocycles. The number of rotatable bonds is 0. The average molecular weight is 190 g/mol. The van der Waals surface area contributed by atoms with Crippen molar-refractivity contribution in [1.82, 2.24) is 4.90 Å². The van der Waals surface area contributed by atoms with Gasteiger partial charge >= 0.3 is 0 Å². The van der Waals surface area contributed by atoms with Crippen LogP contribution in [0.3, 0.4) is 0 Å². The largest absolute Gasteiger partial charge is 0.390 e. The van der Waals surface area contributed by atoms with E-state index in [1.54, 1.807) is 0 Å². The molecule has 0 unspecified atom stereocenters. The van der Waals surface area contributed by atoms with Crippen molar-refractivity contribution in [2.75, 3.05) is 11.9 Å². The molecule has 1 aromatic rings. The van der Waals surface area contributed by atoms with Crippen molar-refractivity contribution in [2.24, 2.45) is 0 Å². The normalized spacial score (nSPS) is 30.6. The fraction of sp³-hybridized carbons (Fsp3) is 0.455. The van der Waals surface area contributed by atoms with Crippen LogP contribution in [0, 0.1) is 0 Å². The van der Waals surface area contributed by atoms with Crippen LogP contribution >= 0.6 is 0 Å². The first kappa shape index (κ1) is 8.26. The zero-order valence-electron chi connectivity index (χ0n) is 7.98. The van der Waals surface area contributed by atoms with Crippen LogP contribution in [0.15, 0.2) is 24.3 Å². The van der Waals surface area contributed by atoms with Crippen LogP contribution in [0.2, 0.25) is 0 Å². The van der Waals surface area contributed by atoms with Crippen molar-refractivity contribution in [3.8, 4) is 0 Å². The third-order valence-corrected chi connectivity index (χ3v) is 3.16. The lowest BCUT2D eigenvalue weighted by atomic mass is 10.1. The fourth-order valence-electron chi connectivity index (χ4n) is 2.38. The van der Waals surface area contributed by atoms with Gasteiger partial charge in [-0.1, -0.05) is 18.2 Å². The van der Waals surface area contributed by atoms with Crippen LogP contribution in [0.1, 0.15) is 12.0 Å². The summed E-state index contributed by atoms with van der Waals surface area (Å²) in [6.45, 7) is 1.96. The number of aliphatic hydroxyl groups is 1. The maximum absolute atomic E-state index is 9.75.